The van der Waals surface area contributed by atoms with Crippen LogP contribution in [-0.4, -0.2) is 52.7 Å². The summed E-state index contributed by atoms with van der Waals surface area (Å²) < 4.78 is 18.5. The number of Topliss-reactive ketones (excluding diaryl/α,β-unsaturated/α-hetero) is 1. The molecule has 7 nitrogen and oxygen atoms in total. The summed E-state index contributed by atoms with van der Waals surface area (Å²) in [5.74, 6) is 0.508. The third-order valence-electron chi connectivity index (χ3n) is 6.23. The zero-order valence-electron chi connectivity index (χ0n) is 17.8. The first-order valence-corrected chi connectivity index (χ1v) is 10.7. The molecule has 3 heterocycles. The van der Waals surface area contributed by atoms with Crippen molar-refractivity contribution in [1.29, 1.82) is 0 Å². The molecule has 8 heteroatoms. The quantitative estimate of drug-likeness (QED) is 0.629. The molecule has 1 atom stereocenters. The smallest absolute Gasteiger partial charge is 0.289 e. The molecule has 2 aliphatic rings. The van der Waals surface area contributed by atoms with E-state index in [4.69, 9.17) is 9.40 Å². The molecular formula is C24H23FN4O3. The Bertz CT molecular complexity index is 1150. The second kappa shape index (κ2) is 8.18. The standard InChI is InChI=1S/C24H23FN4O3/c1-15-22-19(13-17(14-20(22)30)16-4-6-18(25)7-5-16)27-24(26-15)29-10-8-28(9-11-29)23(31)21-3-2-12-32-21/h2-7,12,17H,8-11,13-14H2,1H3. The fraction of sp³-hybridized carbons (Fsp3) is 0.333. The second-order valence-electron chi connectivity index (χ2n) is 8.27. The lowest BCUT2D eigenvalue weighted by molar-refractivity contribution is 0.0713. The summed E-state index contributed by atoms with van der Waals surface area (Å²) in [6.45, 7) is 4.11. The Labute approximate surface area is 184 Å². The van der Waals surface area contributed by atoms with E-state index in [2.05, 4.69) is 4.98 Å². The number of aromatic nitrogens is 2. The topological polar surface area (TPSA) is 79.5 Å². The predicted octanol–water partition coefficient (Wildman–Crippen LogP) is 3.39. The number of aryl methyl sites for hydroxylation is 1. The Morgan fingerprint density at radius 1 is 1.06 bits per heavy atom. The average Bonchev–Trinajstić information content (AvgIpc) is 3.33. The van der Waals surface area contributed by atoms with Crippen molar-refractivity contribution in [3.8, 4) is 0 Å². The molecule has 3 aromatic rings. The number of piperazine rings is 1. The van der Waals surface area contributed by atoms with Gasteiger partial charge in [0.05, 0.1) is 23.2 Å². The Morgan fingerprint density at radius 3 is 2.50 bits per heavy atom. The van der Waals surface area contributed by atoms with Crippen molar-refractivity contribution >= 4 is 17.6 Å². The highest BCUT2D eigenvalue weighted by molar-refractivity contribution is 5.99. The molecule has 1 saturated heterocycles. The molecule has 1 unspecified atom stereocenters. The maximum atomic E-state index is 13.3. The van der Waals surface area contributed by atoms with E-state index in [1.807, 2.05) is 11.8 Å². The fourth-order valence-corrected chi connectivity index (χ4v) is 4.54. The molecule has 0 saturated carbocycles. The van der Waals surface area contributed by atoms with Crippen LogP contribution in [0.4, 0.5) is 10.3 Å². The van der Waals surface area contributed by atoms with E-state index in [0.717, 1.165) is 11.3 Å². The van der Waals surface area contributed by atoms with Crippen LogP contribution in [0.5, 0.6) is 0 Å². The van der Waals surface area contributed by atoms with E-state index in [0.29, 0.717) is 62.0 Å². The van der Waals surface area contributed by atoms with Crippen molar-refractivity contribution in [2.75, 3.05) is 31.1 Å². The van der Waals surface area contributed by atoms with Gasteiger partial charge in [-0.1, -0.05) is 12.1 Å². The van der Waals surface area contributed by atoms with Crippen LogP contribution >= 0.6 is 0 Å². The molecule has 2 aromatic heterocycles. The molecule has 164 valence electrons. The lowest BCUT2D eigenvalue weighted by Crippen LogP contribution is -2.49. The SMILES string of the molecule is Cc1nc(N2CCN(C(=O)c3ccco3)CC2)nc2c1C(=O)CC(c1ccc(F)cc1)C2. The summed E-state index contributed by atoms with van der Waals surface area (Å²) in [6, 6.07) is 9.70. The predicted molar refractivity (Wildman–Crippen MR) is 115 cm³/mol. The van der Waals surface area contributed by atoms with E-state index in [9.17, 15) is 14.0 Å². The van der Waals surface area contributed by atoms with Gasteiger partial charge in [-0.2, -0.15) is 0 Å². The Hall–Kier alpha value is -3.55. The minimum atomic E-state index is -0.290. The third kappa shape index (κ3) is 3.77. The molecule has 0 radical (unpaired) electrons. The first kappa shape index (κ1) is 20.4. The molecule has 0 bridgehead atoms. The fourth-order valence-electron chi connectivity index (χ4n) is 4.54. The van der Waals surface area contributed by atoms with Crippen molar-refractivity contribution in [3.05, 3.63) is 76.8 Å². The van der Waals surface area contributed by atoms with Crippen molar-refractivity contribution < 1.29 is 18.4 Å². The van der Waals surface area contributed by atoms with E-state index in [1.165, 1.54) is 18.4 Å². The maximum Gasteiger partial charge on any atom is 0.289 e. The van der Waals surface area contributed by atoms with Crippen LogP contribution in [0.3, 0.4) is 0 Å². The first-order chi connectivity index (χ1) is 15.5. The lowest BCUT2D eigenvalue weighted by Gasteiger charge is -2.35. The Balaban J connectivity index is 1.34. The minimum Gasteiger partial charge on any atom is -0.459 e. The molecule has 32 heavy (non-hydrogen) atoms. The number of carbonyl (C=O) groups excluding carboxylic acids is 2. The number of anilines is 1. The highest BCUT2D eigenvalue weighted by atomic mass is 19.1. The van der Waals surface area contributed by atoms with Gasteiger partial charge in [0.25, 0.3) is 5.91 Å². The normalized spacial score (nSPS) is 18.6. The summed E-state index contributed by atoms with van der Waals surface area (Å²) >= 11 is 0. The molecule has 1 aliphatic carbocycles. The number of halogens is 1. The molecule has 0 N–H and O–H groups in total. The van der Waals surface area contributed by atoms with E-state index in [1.54, 1.807) is 29.2 Å². The molecule has 5 rings (SSSR count). The summed E-state index contributed by atoms with van der Waals surface area (Å²) in [5, 5.41) is 0. The van der Waals surface area contributed by atoms with Crippen LogP contribution in [-0.2, 0) is 6.42 Å². The van der Waals surface area contributed by atoms with Crippen LogP contribution in [0.25, 0.3) is 0 Å². The van der Waals surface area contributed by atoms with Gasteiger partial charge in [-0.25, -0.2) is 14.4 Å². The van der Waals surface area contributed by atoms with Gasteiger partial charge >= 0.3 is 0 Å². The average molecular weight is 434 g/mol. The van der Waals surface area contributed by atoms with E-state index < -0.39 is 0 Å². The van der Waals surface area contributed by atoms with Gasteiger partial charge in [-0.05, 0) is 49.1 Å². The van der Waals surface area contributed by atoms with Crippen LogP contribution in [0.2, 0.25) is 0 Å². The lowest BCUT2D eigenvalue weighted by atomic mass is 9.81. The molecule has 1 aromatic carbocycles. The second-order valence-corrected chi connectivity index (χ2v) is 8.27. The van der Waals surface area contributed by atoms with Crippen LogP contribution in [0, 0.1) is 12.7 Å². The number of hydrogen-bond acceptors (Lipinski definition) is 6. The van der Waals surface area contributed by atoms with Crippen LogP contribution in [0.15, 0.2) is 47.1 Å². The number of hydrogen-bond donors (Lipinski definition) is 0. The van der Waals surface area contributed by atoms with Gasteiger partial charge in [0.2, 0.25) is 5.95 Å². The minimum absolute atomic E-state index is 0.0264. The van der Waals surface area contributed by atoms with Gasteiger partial charge in [-0.3, -0.25) is 9.59 Å². The van der Waals surface area contributed by atoms with Gasteiger partial charge < -0.3 is 14.2 Å². The van der Waals surface area contributed by atoms with Gasteiger partial charge in [0, 0.05) is 32.6 Å². The number of rotatable bonds is 3. The number of ketones is 1. The highest BCUT2D eigenvalue weighted by Crippen LogP contribution is 2.34. The van der Waals surface area contributed by atoms with Gasteiger partial charge in [0.1, 0.15) is 5.82 Å². The third-order valence-corrected chi connectivity index (χ3v) is 6.23. The summed E-state index contributed by atoms with van der Waals surface area (Å²) in [6.07, 6.45) is 2.48. The van der Waals surface area contributed by atoms with Crippen molar-refractivity contribution in [2.45, 2.75) is 25.7 Å². The van der Waals surface area contributed by atoms with Crippen molar-refractivity contribution in [2.24, 2.45) is 0 Å². The molecule has 0 spiro atoms. The number of amides is 1. The Morgan fingerprint density at radius 2 is 1.81 bits per heavy atom. The van der Waals surface area contributed by atoms with E-state index in [-0.39, 0.29) is 23.4 Å². The summed E-state index contributed by atoms with van der Waals surface area (Å²) in [7, 11) is 0. The number of nitrogens with zero attached hydrogens (tertiary/aromatic N) is 4. The largest absolute Gasteiger partial charge is 0.459 e. The maximum absolute atomic E-state index is 13.3. The number of benzene rings is 1. The molecule has 1 aliphatic heterocycles. The number of fused-ring (bicyclic) bond motifs is 1. The zero-order valence-corrected chi connectivity index (χ0v) is 17.8. The zero-order chi connectivity index (χ0) is 22.2. The van der Waals surface area contributed by atoms with Crippen molar-refractivity contribution in [1.82, 2.24) is 14.9 Å². The molecule has 1 amide bonds. The highest BCUT2D eigenvalue weighted by Gasteiger charge is 2.31. The Kier molecular flexibility index (Phi) is 5.20. The summed E-state index contributed by atoms with van der Waals surface area (Å²) in [4.78, 5) is 38.5. The van der Waals surface area contributed by atoms with Crippen LogP contribution < -0.4 is 4.90 Å². The number of furan rings is 1. The summed E-state index contributed by atoms with van der Waals surface area (Å²) in [5.41, 5.74) is 2.97. The van der Waals surface area contributed by atoms with Gasteiger partial charge in [-0.15, -0.1) is 0 Å². The van der Waals surface area contributed by atoms with Crippen molar-refractivity contribution in [3.63, 3.8) is 0 Å². The number of carbonyl (C=O) groups is 2. The molecule has 1 fully saturated rings. The first-order valence-electron chi connectivity index (χ1n) is 10.7. The van der Waals surface area contributed by atoms with Gasteiger partial charge in [0.15, 0.2) is 11.5 Å². The van der Waals surface area contributed by atoms with Crippen LogP contribution in [0.1, 0.15) is 50.2 Å². The monoisotopic (exact) mass is 434 g/mol. The molecular weight excluding hydrogens is 411 g/mol. The van der Waals surface area contributed by atoms with E-state index >= 15 is 0 Å².